The number of nitro groups is 1. The zero-order chi connectivity index (χ0) is 18.7. The molecule has 3 rings (SSSR count). The summed E-state index contributed by atoms with van der Waals surface area (Å²) in [5.74, 6) is 0.0672. The third kappa shape index (κ3) is 3.19. The van der Waals surface area contributed by atoms with Crippen LogP contribution in [-0.4, -0.2) is 27.1 Å². The topological polar surface area (TPSA) is 87.3 Å². The molecule has 0 saturated heterocycles. The molecular weight excluding hydrogens is 334 g/mol. The maximum absolute atomic E-state index is 12.4. The summed E-state index contributed by atoms with van der Waals surface area (Å²) in [6, 6.07) is 14.1. The number of pyridine rings is 1. The molecule has 0 aliphatic rings. The molecule has 1 aromatic carbocycles. The second kappa shape index (κ2) is 7.18. The first kappa shape index (κ1) is 17.3. The molecule has 7 nitrogen and oxygen atoms in total. The number of benzene rings is 1. The SMILES string of the molecule is CCOC(=O)c1cc(C)n(-c2ccc([N+](=O)[O-])cn2)c1-c1ccccc1. The second-order valence-corrected chi connectivity index (χ2v) is 5.60. The lowest BCUT2D eigenvalue weighted by molar-refractivity contribution is -0.385. The predicted octanol–water partition coefficient (Wildman–Crippen LogP) is 3.93. The van der Waals surface area contributed by atoms with Crippen LogP contribution >= 0.6 is 0 Å². The van der Waals surface area contributed by atoms with Gasteiger partial charge in [-0.05, 0) is 31.5 Å². The molecule has 0 N–H and O–H groups in total. The van der Waals surface area contributed by atoms with Crippen LogP contribution in [0.2, 0.25) is 0 Å². The molecule has 26 heavy (non-hydrogen) atoms. The molecule has 0 aliphatic heterocycles. The zero-order valence-electron chi connectivity index (χ0n) is 14.4. The number of hydrogen-bond donors (Lipinski definition) is 0. The minimum Gasteiger partial charge on any atom is -0.462 e. The van der Waals surface area contributed by atoms with Gasteiger partial charge >= 0.3 is 5.97 Å². The first-order valence-electron chi connectivity index (χ1n) is 8.08. The number of hydrogen-bond acceptors (Lipinski definition) is 5. The fourth-order valence-electron chi connectivity index (χ4n) is 2.80. The summed E-state index contributed by atoms with van der Waals surface area (Å²) in [6.45, 7) is 3.87. The van der Waals surface area contributed by atoms with Crippen molar-refractivity contribution in [3.8, 4) is 17.1 Å². The summed E-state index contributed by atoms with van der Waals surface area (Å²) in [5, 5.41) is 10.9. The summed E-state index contributed by atoms with van der Waals surface area (Å²) < 4.78 is 6.98. The Kier molecular flexibility index (Phi) is 4.79. The molecule has 2 heterocycles. The van der Waals surface area contributed by atoms with Gasteiger partial charge in [-0.15, -0.1) is 0 Å². The van der Waals surface area contributed by atoms with Crippen LogP contribution in [0, 0.1) is 17.0 Å². The van der Waals surface area contributed by atoms with E-state index in [9.17, 15) is 14.9 Å². The first-order chi connectivity index (χ1) is 12.5. The Balaban J connectivity index is 2.21. The number of rotatable bonds is 5. The van der Waals surface area contributed by atoms with Crippen molar-refractivity contribution in [2.45, 2.75) is 13.8 Å². The van der Waals surface area contributed by atoms with E-state index >= 15 is 0 Å². The summed E-state index contributed by atoms with van der Waals surface area (Å²) in [4.78, 5) is 27.0. The molecule has 2 aromatic heterocycles. The lowest BCUT2D eigenvalue weighted by Gasteiger charge is -2.12. The van der Waals surface area contributed by atoms with Crippen LogP contribution < -0.4 is 0 Å². The maximum Gasteiger partial charge on any atom is 0.340 e. The van der Waals surface area contributed by atoms with Gasteiger partial charge in [-0.2, -0.15) is 0 Å². The average molecular weight is 351 g/mol. The van der Waals surface area contributed by atoms with Gasteiger partial charge in [-0.3, -0.25) is 14.7 Å². The van der Waals surface area contributed by atoms with Crippen molar-refractivity contribution in [1.29, 1.82) is 0 Å². The Morgan fingerprint density at radius 1 is 1.23 bits per heavy atom. The Hall–Kier alpha value is -3.48. The monoisotopic (exact) mass is 351 g/mol. The van der Waals surface area contributed by atoms with E-state index < -0.39 is 10.9 Å². The lowest BCUT2D eigenvalue weighted by atomic mass is 10.1. The van der Waals surface area contributed by atoms with Crippen molar-refractivity contribution >= 4 is 11.7 Å². The van der Waals surface area contributed by atoms with Crippen LogP contribution in [0.5, 0.6) is 0 Å². The van der Waals surface area contributed by atoms with Crippen LogP contribution in [0.3, 0.4) is 0 Å². The minimum absolute atomic E-state index is 0.0922. The molecule has 3 aromatic rings. The van der Waals surface area contributed by atoms with Gasteiger partial charge in [0.1, 0.15) is 12.0 Å². The van der Waals surface area contributed by atoms with Crippen LogP contribution in [0.25, 0.3) is 17.1 Å². The smallest absolute Gasteiger partial charge is 0.340 e. The number of carbonyl (C=O) groups is 1. The van der Waals surface area contributed by atoms with Crippen LogP contribution in [0.4, 0.5) is 5.69 Å². The third-order valence-electron chi connectivity index (χ3n) is 3.90. The van der Waals surface area contributed by atoms with Gasteiger partial charge in [0.2, 0.25) is 0 Å². The van der Waals surface area contributed by atoms with Gasteiger partial charge in [0.05, 0.1) is 22.8 Å². The van der Waals surface area contributed by atoms with E-state index in [4.69, 9.17) is 4.74 Å². The Morgan fingerprint density at radius 2 is 1.96 bits per heavy atom. The number of esters is 1. The summed E-state index contributed by atoms with van der Waals surface area (Å²) in [5.41, 5.74) is 2.57. The van der Waals surface area contributed by atoms with Gasteiger partial charge in [0, 0.05) is 11.8 Å². The quantitative estimate of drug-likeness (QED) is 0.395. The van der Waals surface area contributed by atoms with Crippen molar-refractivity contribution in [3.05, 3.63) is 76.1 Å². The van der Waals surface area contributed by atoms with Gasteiger partial charge < -0.3 is 4.74 Å². The van der Waals surface area contributed by atoms with Gasteiger partial charge in [-0.25, -0.2) is 9.78 Å². The minimum atomic E-state index is -0.499. The maximum atomic E-state index is 12.4. The summed E-state index contributed by atoms with van der Waals surface area (Å²) in [7, 11) is 0. The van der Waals surface area contributed by atoms with Gasteiger partial charge in [-0.1, -0.05) is 30.3 Å². The van der Waals surface area contributed by atoms with E-state index in [-0.39, 0.29) is 12.3 Å². The molecule has 0 atom stereocenters. The molecule has 0 bridgehead atoms. The van der Waals surface area contributed by atoms with E-state index in [0.717, 1.165) is 11.3 Å². The highest BCUT2D eigenvalue weighted by Crippen LogP contribution is 2.31. The zero-order valence-corrected chi connectivity index (χ0v) is 14.4. The molecule has 132 valence electrons. The Bertz CT molecular complexity index is 947. The highest BCUT2D eigenvalue weighted by molar-refractivity contribution is 5.97. The van der Waals surface area contributed by atoms with E-state index in [2.05, 4.69) is 4.98 Å². The summed E-state index contributed by atoms with van der Waals surface area (Å²) in [6.07, 6.45) is 1.20. The molecule has 0 spiro atoms. The van der Waals surface area contributed by atoms with Crippen LogP contribution in [-0.2, 0) is 4.74 Å². The molecule has 0 saturated carbocycles. The number of ether oxygens (including phenoxy) is 1. The highest BCUT2D eigenvalue weighted by atomic mass is 16.6. The van der Waals surface area contributed by atoms with Crippen molar-refractivity contribution < 1.29 is 14.5 Å². The molecule has 0 fully saturated rings. The van der Waals surface area contributed by atoms with Crippen LogP contribution in [0.1, 0.15) is 23.0 Å². The number of aryl methyl sites for hydroxylation is 1. The van der Waals surface area contributed by atoms with E-state index in [1.807, 2.05) is 37.3 Å². The highest BCUT2D eigenvalue weighted by Gasteiger charge is 2.22. The van der Waals surface area contributed by atoms with Crippen molar-refractivity contribution in [3.63, 3.8) is 0 Å². The number of aromatic nitrogens is 2. The normalized spacial score (nSPS) is 10.5. The lowest BCUT2D eigenvalue weighted by Crippen LogP contribution is -2.07. The van der Waals surface area contributed by atoms with E-state index in [0.29, 0.717) is 17.1 Å². The third-order valence-corrected chi connectivity index (χ3v) is 3.90. The molecule has 7 heteroatoms. The van der Waals surface area contributed by atoms with E-state index in [1.54, 1.807) is 23.6 Å². The molecule has 0 aliphatic carbocycles. The van der Waals surface area contributed by atoms with Crippen molar-refractivity contribution in [2.75, 3.05) is 6.61 Å². The first-order valence-corrected chi connectivity index (χ1v) is 8.08. The average Bonchev–Trinajstić information content (AvgIpc) is 3.00. The Morgan fingerprint density at radius 3 is 2.54 bits per heavy atom. The van der Waals surface area contributed by atoms with Gasteiger partial charge in [0.15, 0.2) is 0 Å². The fourth-order valence-corrected chi connectivity index (χ4v) is 2.80. The Labute approximate surface area is 150 Å². The molecular formula is C19H17N3O4. The van der Waals surface area contributed by atoms with Crippen molar-refractivity contribution in [2.24, 2.45) is 0 Å². The second-order valence-electron chi connectivity index (χ2n) is 5.60. The van der Waals surface area contributed by atoms with Crippen LogP contribution in [0.15, 0.2) is 54.7 Å². The largest absolute Gasteiger partial charge is 0.462 e. The molecule has 0 radical (unpaired) electrons. The standard InChI is InChI=1S/C19H17N3O4/c1-3-26-19(23)16-11-13(2)21(18(16)14-7-5-4-6-8-14)17-10-9-15(12-20-17)22(24)25/h4-12H,3H2,1-2H3. The summed E-state index contributed by atoms with van der Waals surface area (Å²) >= 11 is 0. The van der Waals surface area contributed by atoms with Crippen molar-refractivity contribution in [1.82, 2.24) is 9.55 Å². The number of nitrogens with zero attached hydrogens (tertiary/aromatic N) is 3. The molecule has 0 unspecified atom stereocenters. The van der Waals surface area contributed by atoms with Gasteiger partial charge in [0.25, 0.3) is 5.69 Å². The molecule has 0 amide bonds. The number of carbonyl (C=O) groups excluding carboxylic acids is 1. The predicted molar refractivity (Wildman–Crippen MR) is 96.3 cm³/mol. The fraction of sp³-hybridized carbons (Fsp3) is 0.158. The van der Waals surface area contributed by atoms with E-state index in [1.165, 1.54) is 12.3 Å².